The highest BCUT2D eigenvalue weighted by atomic mass is 32.1. The van der Waals surface area contributed by atoms with Crippen LogP contribution in [0.3, 0.4) is 0 Å². The van der Waals surface area contributed by atoms with Crippen LogP contribution in [0, 0.1) is 11.6 Å². The van der Waals surface area contributed by atoms with Crippen molar-refractivity contribution in [2.45, 2.75) is 56.5 Å². The van der Waals surface area contributed by atoms with Gasteiger partial charge >= 0.3 is 6.18 Å². The van der Waals surface area contributed by atoms with E-state index in [-0.39, 0.29) is 29.1 Å². The van der Waals surface area contributed by atoms with Gasteiger partial charge in [0.25, 0.3) is 5.92 Å². The number of β-amino-alcohol motifs (C(OH)–C–C–N with tert-alkyl or cyclic N) is 1. The monoisotopic (exact) mass is 773 g/mol. The summed E-state index contributed by atoms with van der Waals surface area (Å²) in [4.78, 5) is 25.2. The Kier molecular flexibility index (Phi) is 8.18. The second-order valence-electron chi connectivity index (χ2n) is 13.9. The maximum Gasteiger partial charge on any atom is 0.435 e. The van der Waals surface area contributed by atoms with Crippen molar-refractivity contribution in [3.63, 3.8) is 0 Å². The molecule has 1 atom stereocenters. The molecule has 1 aliphatic carbocycles. The van der Waals surface area contributed by atoms with E-state index in [1.54, 1.807) is 42.9 Å². The summed E-state index contributed by atoms with van der Waals surface area (Å²) >= 11 is 1.30. The molecule has 2 aliphatic rings. The van der Waals surface area contributed by atoms with E-state index in [4.69, 9.17) is 10.7 Å². The molecule has 54 heavy (non-hydrogen) atoms. The number of benzene rings is 2. The van der Waals surface area contributed by atoms with E-state index >= 15 is 0 Å². The number of aliphatic hydroxyl groups is 1. The van der Waals surface area contributed by atoms with Gasteiger partial charge in [0.15, 0.2) is 22.3 Å². The first-order valence-corrected chi connectivity index (χ1v) is 17.5. The van der Waals surface area contributed by atoms with Crippen molar-refractivity contribution >= 4 is 49.4 Å². The molecular formula is C35H30F7N9O2S. The molecule has 1 amide bonds. The van der Waals surface area contributed by atoms with Crippen LogP contribution in [0.5, 0.6) is 0 Å². The molecule has 1 fully saturated rings. The number of para-hydroxylation sites is 1. The highest BCUT2D eigenvalue weighted by Gasteiger charge is 2.50. The molecule has 1 aliphatic heterocycles. The number of nitrogens with two attached hydrogens (primary N) is 1. The largest absolute Gasteiger partial charge is 0.435 e. The lowest BCUT2D eigenvalue weighted by Crippen LogP contribution is -2.60. The normalized spacial score (nSPS) is 16.9. The number of aryl methyl sites for hydroxylation is 1. The predicted octanol–water partition coefficient (Wildman–Crippen LogP) is 6.03. The summed E-state index contributed by atoms with van der Waals surface area (Å²) in [5.41, 5.74) is 4.17. The third kappa shape index (κ3) is 6.27. The van der Waals surface area contributed by atoms with Gasteiger partial charge < -0.3 is 21.1 Å². The molecule has 19 heteroatoms. The lowest BCUT2D eigenvalue weighted by molar-refractivity contribution is -0.142. The standard InChI is InChI=1S/C35H30F7N9O2S/c1-33(53)14-50(15-33)32-46-31-24(54-32)12-22(19-4-3-5-20-27(19)49(2)48-30(20)43)26(45-31)23(10-16-8-17(36)11-18(37)9-16)44-25(52)13-51-29-21(6-7-34(29,38)39)28(47-51)35(40,41)42/h3-5,8-9,11-12,23,53H,6-7,10,13-15H2,1-2H3,(H2,43,48)(H,44,52). The molecule has 4 N–H and O–H groups in total. The summed E-state index contributed by atoms with van der Waals surface area (Å²) in [5, 5.41) is 21.9. The number of halogens is 7. The molecule has 1 unspecified atom stereocenters. The summed E-state index contributed by atoms with van der Waals surface area (Å²) in [6.07, 6.45) is -6.78. The van der Waals surface area contributed by atoms with Gasteiger partial charge in [-0.3, -0.25) is 14.2 Å². The van der Waals surface area contributed by atoms with Crippen LogP contribution in [-0.2, 0) is 43.3 Å². The van der Waals surface area contributed by atoms with Crippen LogP contribution >= 0.6 is 11.3 Å². The first-order valence-electron chi connectivity index (χ1n) is 16.7. The number of aromatic nitrogens is 6. The van der Waals surface area contributed by atoms with Gasteiger partial charge in [0.1, 0.15) is 23.9 Å². The first kappa shape index (κ1) is 35.7. The molecule has 0 bridgehead atoms. The summed E-state index contributed by atoms with van der Waals surface area (Å²) in [6, 6.07) is 8.55. The summed E-state index contributed by atoms with van der Waals surface area (Å²) in [7, 11) is 1.68. The number of nitrogens with one attached hydrogen (secondary N) is 1. The third-order valence-electron chi connectivity index (χ3n) is 9.59. The van der Waals surface area contributed by atoms with Gasteiger partial charge in [-0.05, 0) is 49.6 Å². The molecule has 6 aromatic rings. The van der Waals surface area contributed by atoms with E-state index in [9.17, 15) is 40.6 Å². The number of anilines is 2. The molecular weight excluding hydrogens is 743 g/mol. The summed E-state index contributed by atoms with van der Waals surface area (Å²) in [5.74, 6) is -6.26. The van der Waals surface area contributed by atoms with E-state index < -0.39 is 77.6 Å². The Labute approximate surface area is 305 Å². The van der Waals surface area contributed by atoms with Gasteiger partial charge in [-0.25, -0.2) is 13.8 Å². The lowest BCUT2D eigenvalue weighted by atomic mass is 9.94. The minimum Gasteiger partial charge on any atom is -0.386 e. The van der Waals surface area contributed by atoms with Crippen molar-refractivity contribution in [2.24, 2.45) is 7.05 Å². The van der Waals surface area contributed by atoms with Crippen LogP contribution < -0.4 is 16.0 Å². The molecule has 0 radical (unpaired) electrons. The molecule has 1 saturated heterocycles. The SMILES string of the molecule is Cn1nc(N)c2cccc(-c3cc4sc(N5CC(C)(O)C5)nc4nc3C(Cc3cc(F)cc(F)c3)NC(=O)Cn3nc(C(F)(F)F)c4c3C(F)(F)CC4)c21. The number of hydrogen-bond acceptors (Lipinski definition) is 9. The van der Waals surface area contributed by atoms with Crippen LogP contribution in [0.2, 0.25) is 0 Å². The molecule has 5 heterocycles. The smallest absolute Gasteiger partial charge is 0.386 e. The van der Waals surface area contributed by atoms with Gasteiger partial charge in [-0.1, -0.05) is 23.5 Å². The van der Waals surface area contributed by atoms with Crippen LogP contribution in [0.1, 0.15) is 47.6 Å². The predicted molar refractivity (Wildman–Crippen MR) is 185 cm³/mol. The number of thiazole rings is 1. The topological polar surface area (TPSA) is 140 Å². The number of nitrogen functional groups attached to an aromatic ring is 1. The Balaban J connectivity index is 1.27. The molecule has 0 saturated carbocycles. The number of carbonyl (C=O) groups excluding carboxylic acids is 1. The zero-order chi connectivity index (χ0) is 38.5. The number of fused-ring (bicyclic) bond motifs is 3. The van der Waals surface area contributed by atoms with Crippen molar-refractivity contribution in [2.75, 3.05) is 23.7 Å². The van der Waals surface area contributed by atoms with Crippen LogP contribution in [0.4, 0.5) is 41.7 Å². The van der Waals surface area contributed by atoms with Crippen LogP contribution in [0.15, 0.2) is 42.5 Å². The Morgan fingerprint density at radius 1 is 1.07 bits per heavy atom. The molecule has 2 aromatic carbocycles. The van der Waals surface area contributed by atoms with E-state index in [2.05, 4.69) is 20.5 Å². The average molecular weight is 774 g/mol. The number of alkyl halides is 5. The van der Waals surface area contributed by atoms with Gasteiger partial charge in [0.05, 0.1) is 40.6 Å². The van der Waals surface area contributed by atoms with Crippen molar-refractivity contribution in [1.82, 2.24) is 34.8 Å². The minimum absolute atomic E-state index is 0.0845. The Bertz CT molecular complexity index is 2460. The molecule has 8 rings (SSSR count). The fourth-order valence-electron chi connectivity index (χ4n) is 7.42. The van der Waals surface area contributed by atoms with Gasteiger partial charge in [-0.15, -0.1) is 0 Å². The highest BCUT2D eigenvalue weighted by molar-refractivity contribution is 7.22. The maximum atomic E-state index is 14.9. The molecule has 0 spiro atoms. The Hall–Kier alpha value is -5.30. The van der Waals surface area contributed by atoms with Gasteiger partial charge in [0, 0.05) is 41.6 Å². The zero-order valence-corrected chi connectivity index (χ0v) is 29.3. The van der Waals surface area contributed by atoms with Gasteiger partial charge in [-0.2, -0.15) is 37.1 Å². The Morgan fingerprint density at radius 3 is 2.48 bits per heavy atom. The molecule has 4 aromatic heterocycles. The number of pyridine rings is 1. The summed E-state index contributed by atoms with van der Waals surface area (Å²) < 4.78 is 103. The lowest BCUT2D eigenvalue weighted by Gasteiger charge is -2.43. The Morgan fingerprint density at radius 2 is 1.80 bits per heavy atom. The minimum atomic E-state index is -5.04. The number of hydrogen-bond donors (Lipinski definition) is 3. The van der Waals surface area contributed by atoms with Crippen molar-refractivity contribution in [3.05, 3.63) is 82.3 Å². The second kappa shape index (κ2) is 12.4. The fraction of sp³-hybridized carbons (Fsp3) is 0.343. The van der Waals surface area contributed by atoms with Crippen molar-refractivity contribution in [3.8, 4) is 11.1 Å². The van der Waals surface area contributed by atoms with E-state index in [1.165, 1.54) is 11.3 Å². The van der Waals surface area contributed by atoms with Crippen LogP contribution in [-0.4, -0.2) is 59.2 Å². The average Bonchev–Trinajstić information content (AvgIpc) is 3.80. The second-order valence-corrected chi connectivity index (χ2v) is 14.9. The van der Waals surface area contributed by atoms with E-state index in [1.807, 2.05) is 4.90 Å². The number of carbonyl (C=O) groups is 1. The van der Waals surface area contributed by atoms with Gasteiger partial charge in [0.2, 0.25) is 5.91 Å². The number of amides is 1. The van der Waals surface area contributed by atoms with E-state index in [0.717, 1.165) is 12.1 Å². The number of nitrogens with zero attached hydrogens (tertiary/aromatic N) is 7. The van der Waals surface area contributed by atoms with E-state index in [0.29, 0.717) is 55.7 Å². The number of rotatable bonds is 8. The zero-order valence-electron chi connectivity index (χ0n) is 28.5. The van der Waals surface area contributed by atoms with Crippen molar-refractivity contribution < 1.29 is 40.6 Å². The quantitative estimate of drug-likeness (QED) is 0.160. The molecule has 11 nitrogen and oxygen atoms in total. The van der Waals surface area contributed by atoms with Crippen LogP contribution in [0.25, 0.3) is 32.4 Å². The first-order chi connectivity index (χ1) is 25.4. The third-order valence-corrected chi connectivity index (χ3v) is 10.6. The fourth-order valence-corrected chi connectivity index (χ4v) is 8.37. The summed E-state index contributed by atoms with van der Waals surface area (Å²) in [6.45, 7) is 1.30. The molecule has 282 valence electrons. The maximum absolute atomic E-state index is 14.9. The highest BCUT2D eigenvalue weighted by Crippen LogP contribution is 2.47. The van der Waals surface area contributed by atoms with Crippen molar-refractivity contribution in [1.29, 1.82) is 0 Å².